The number of aromatic amines is 1. The van der Waals surface area contributed by atoms with E-state index in [-0.39, 0.29) is 5.91 Å². The van der Waals surface area contributed by atoms with Crippen LogP contribution >= 0.6 is 0 Å². The van der Waals surface area contributed by atoms with Crippen molar-refractivity contribution in [2.24, 2.45) is 0 Å². The van der Waals surface area contributed by atoms with E-state index in [0.717, 1.165) is 23.8 Å². The van der Waals surface area contributed by atoms with Gasteiger partial charge in [-0.1, -0.05) is 6.92 Å². The van der Waals surface area contributed by atoms with Gasteiger partial charge >= 0.3 is 0 Å². The molecule has 0 unspecified atom stereocenters. The fraction of sp³-hybridized carbons (Fsp3) is 0.375. The Morgan fingerprint density at radius 3 is 2.96 bits per heavy atom. The number of amides is 1. The molecular weight excluding hydrogens is 308 g/mol. The Kier molecular flexibility index (Phi) is 3.44. The van der Waals surface area contributed by atoms with Crippen LogP contribution in [0.4, 0.5) is 0 Å². The smallest absolute Gasteiger partial charge is 0.274 e. The highest BCUT2D eigenvalue weighted by molar-refractivity contribution is 5.93. The average Bonchev–Trinajstić information content (AvgIpc) is 3.32. The third-order valence-corrected chi connectivity index (χ3v) is 4.24. The molecule has 1 N–H and O–H groups in total. The molecule has 0 aromatic carbocycles. The zero-order valence-electron chi connectivity index (χ0n) is 13.6. The first-order valence-corrected chi connectivity index (χ1v) is 7.98. The molecule has 0 bridgehead atoms. The highest BCUT2D eigenvalue weighted by Crippen LogP contribution is 2.22. The quantitative estimate of drug-likeness (QED) is 0.792. The van der Waals surface area contributed by atoms with Crippen molar-refractivity contribution in [2.75, 3.05) is 6.54 Å². The second-order valence-corrected chi connectivity index (χ2v) is 5.84. The minimum atomic E-state index is -0.118. The van der Waals surface area contributed by atoms with Gasteiger partial charge in [0.25, 0.3) is 5.91 Å². The number of furan rings is 1. The summed E-state index contributed by atoms with van der Waals surface area (Å²) < 4.78 is 7.64. The van der Waals surface area contributed by atoms with Crippen molar-refractivity contribution >= 4 is 5.91 Å². The van der Waals surface area contributed by atoms with Crippen molar-refractivity contribution in [3.05, 3.63) is 41.3 Å². The van der Waals surface area contributed by atoms with E-state index in [1.54, 1.807) is 11.0 Å². The monoisotopic (exact) mass is 326 g/mol. The Labute approximate surface area is 138 Å². The van der Waals surface area contributed by atoms with Gasteiger partial charge in [-0.15, -0.1) is 10.2 Å². The molecule has 1 amide bonds. The normalized spacial score (nSPS) is 14.0. The molecule has 0 spiro atoms. The number of fused-ring (bicyclic) bond motifs is 1. The Hall–Kier alpha value is -2.90. The lowest BCUT2D eigenvalue weighted by Gasteiger charge is -2.27. The van der Waals surface area contributed by atoms with E-state index in [2.05, 4.69) is 31.9 Å². The first kappa shape index (κ1) is 14.7. The van der Waals surface area contributed by atoms with Crippen LogP contribution in [-0.2, 0) is 19.5 Å². The molecule has 0 saturated carbocycles. The van der Waals surface area contributed by atoms with Crippen molar-refractivity contribution < 1.29 is 9.21 Å². The van der Waals surface area contributed by atoms with E-state index in [9.17, 15) is 4.79 Å². The molecule has 4 heterocycles. The first-order valence-electron chi connectivity index (χ1n) is 7.98. The third kappa shape index (κ3) is 2.40. The maximum Gasteiger partial charge on any atom is 0.274 e. The van der Waals surface area contributed by atoms with Crippen LogP contribution in [0.5, 0.6) is 0 Å². The maximum atomic E-state index is 12.7. The van der Waals surface area contributed by atoms with Crippen LogP contribution in [0.15, 0.2) is 22.6 Å². The van der Waals surface area contributed by atoms with Crippen molar-refractivity contribution in [3.63, 3.8) is 0 Å². The predicted octanol–water partition coefficient (Wildman–Crippen LogP) is 1.79. The summed E-state index contributed by atoms with van der Waals surface area (Å²) in [4.78, 5) is 14.4. The molecule has 3 aromatic heterocycles. The molecule has 3 aromatic rings. The molecular formula is C16H18N6O2. The van der Waals surface area contributed by atoms with Gasteiger partial charge in [0.15, 0.2) is 17.3 Å². The summed E-state index contributed by atoms with van der Waals surface area (Å²) in [5.74, 6) is 3.16. The van der Waals surface area contributed by atoms with Crippen LogP contribution in [-0.4, -0.2) is 42.3 Å². The molecule has 4 rings (SSSR count). The summed E-state index contributed by atoms with van der Waals surface area (Å²) in [6, 6.07) is 5.45. The molecule has 0 saturated heterocycles. The molecule has 0 radical (unpaired) electrons. The highest BCUT2D eigenvalue weighted by atomic mass is 16.3. The van der Waals surface area contributed by atoms with Crippen LogP contribution in [0.1, 0.15) is 34.8 Å². The molecule has 24 heavy (non-hydrogen) atoms. The van der Waals surface area contributed by atoms with Gasteiger partial charge in [-0.05, 0) is 19.1 Å². The maximum absolute atomic E-state index is 12.7. The number of nitrogens with one attached hydrogen (secondary N) is 1. The van der Waals surface area contributed by atoms with Gasteiger partial charge in [-0.2, -0.15) is 5.10 Å². The summed E-state index contributed by atoms with van der Waals surface area (Å²) in [6.45, 7) is 5.72. The lowest BCUT2D eigenvalue weighted by molar-refractivity contribution is 0.0700. The zero-order chi connectivity index (χ0) is 16.7. The summed E-state index contributed by atoms with van der Waals surface area (Å²) >= 11 is 0. The highest BCUT2D eigenvalue weighted by Gasteiger charge is 2.26. The lowest BCUT2D eigenvalue weighted by Crippen LogP contribution is -2.39. The van der Waals surface area contributed by atoms with E-state index in [0.29, 0.717) is 36.8 Å². The number of nitrogens with zero attached hydrogens (tertiary/aromatic N) is 5. The number of carbonyl (C=O) groups is 1. The van der Waals surface area contributed by atoms with Crippen LogP contribution in [0.25, 0.3) is 11.5 Å². The fourth-order valence-corrected chi connectivity index (χ4v) is 2.95. The van der Waals surface area contributed by atoms with Crippen LogP contribution < -0.4 is 0 Å². The summed E-state index contributed by atoms with van der Waals surface area (Å²) in [5, 5.41) is 15.4. The average molecular weight is 326 g/mol. The Morgan fingerprint density at radius 2 is 2.21 bits per heavy atom. The first-order chi connectivity index (χ1) is 11.7. The van der Waals surface area contributed by atoms with Crippen molar-refractivity contribution in [3.8, 4) is 11.5 Å². The summed E-state index contributed by atoms with van der Waals surface area (Å²) in [7, 11) is 0. The largest absolute Gasteiger partial charge is 0.460 e. The van der Waals surface area contributed by atoms with Gasteiger partial charge < -0.3 is 13.9 Å². The summed E-state index contributed by atoms with van der Waals surface area (Å²) in [5.41, 5.74) is 1.07. The van der Waals surface area contributed by atoms with Crippen LogP contribution in [0.2, 0.25) is 0 Å². The van der Waals surface area contributed by atoms with E-state index in [1.165, 1.54) is 0 Å². The van der Waals surface area contributed by atoms with E-state index < -0.39 is 0 Å². The molecule has 0 atom stereocenters. The number of aromatic nitrogens is 5. The van der Waals surface area contributed by atoms with Gasteiger partial charge in [0.05, 0.1) is 6.54 Å². The van der Waals surface area contributed by atoms with Crippen molar-refractivity contribution in [1.29, 1.82) is 0 Å². The van der Waals surface area contributed by atoms with Crippen molar-refractivity contribution in [1.82, 2.24) is 29.9 Å². The fourth-order valence-electron chi connectivity index (χ4n) is 2.95. The number of carbonyl (C=O) groups excluding carboxylic acids is 1. The number of hydrogen-bond donors (Lipinski definition) is 1. The molecule has 1 aliphatic heterocycles. The van der Waals surface area contributed by atoms with Gasteiger partial charge in [0.2, 0.25) is 0 Å². The number of hydrogen-bond acceptors (Lipinski definition) is 5. The van der Waals surface area contributed by atoms with Gasteiger partial charge in [-0.3, -0.25) is 9.89 Å². The standard InChI is InChI=1S/C16H18N6O2/c1-3-14-19-20-15-9-21(6-7-22(14)15)16(23)12-8-11(17-18-12)13-5-4-10(2)24-13/h4-5,8H,3,6-7,9H2,1-2H3,(H,17,18). The van der Waals surface area contributed by atoms with E-state index in [1.807, 2.05) is 19.1 Å². The number of rotatable bonds is 3. The molecule has 1 aliphatic rings. The van der Waals surface area contributed by atoms with Crippen molar-refractivity contribution in [2.45, 2.75) is 33.4 Å². The predicted molar refractivity (Wildman–Crippen MR) is 85.2 cm³/mol. The number of aryl methyl sites for hydroxylation is 2. The minimum Gasteiger partial charge on any atom is -0.460 e. The SMILES string of the molecule is CCc1nnc2n1CCN(C(=O)c1cc(-c3ccc(C)o3)[nH]n1)C2. The Morgan fingerprint density at radius 1 is 1.33 bits per heavy atom. The lowest BCUT2D eigenvalue weighted by atomic mass is 10.2. The van der Waals surface area contributed by atoms with E-state index >= 15 is 0 Å². The van der Waals surface area contributed by atoms with Crippen LogP contribution in [0.3, 0.4) is 0 Å². The number of H-pyrrole nitrogens is 1. The molecule has 0 fully saturated rings. The second kappa shape index (κ2) is 5.63. The molecule has 0 aliphatic carbocycles. The minimum absolute atomic E-state index is 0.118. The topological polar surface area (TPSA) is 92.8 Å². The van der Waals surface area contributed by atoms with Gasteiger partial charge in [-0.25, -0.2) is 0 Å². The second-order valence-electron chi connectivity index (χ2n) is 5.84. The third-order valence-electron chi connectivity index (χ3n) is 4.24. The van der Waals surface area contributed by atoms with Gasteiger partial charge in [0.1, 0.15) is 17.3 Å². The Bertz CT molecular complexity index is 890. The molecule has 8 nitrogen and oxygen atoms in total. The Balaban J connectivity index is 1.53. The molecule has 8 heteroatoms. The van der Waals surface area contributed by atoms with Crippen LogP contribution in [0, 0.1) is 6.92 Å². The van der Waals surface area contributed by atoms with Gasteiger partial charge in [0, 0.05) is 25.6 Å². The molecule has 124 valence electrons. The summed E-state index contributed by atoms with van der Waals surface area (Å²) in [6.07, 6.45) is 0.840. The zero-order valence-corrected chi connectivity index (χ0v) is 13.6. The van der Waals surface area contributed by atoms with E-state index in [4.69, 9.17) is 4.42 Å².